The predicted molar refractivity (Wildman–Crippen MR) is 105 cm³/mol. The van der Waals surface area contributed by atoms with Crippen molar-refractivity contribution in [2.75, 3.05) is 6.61 Å². The molecule has 1 atom stereocenters. The van der Waals surface area contributed by atoms with E-state index in [9.17, 15) is 4.79 Å². The van der Waals surface area contributed by atoms with Crippen molar-refractivity contribution in [3.05, 3.63) is 70.9 Å². The van der Waals surface area contributed by atoms with Crippen LogP contribution in [-0.4, -0.2) is 23.5 Å². The minimum atomic E-state index is -0.0578. The van der Waals surface area contributed by atoms with Crippen molar-refractivity contribution >= 4 is 16.8 Å². The lowest BCUT2D eigenvalue weighted by atomic mass is 10.1. The van der Waals surface area contributed by atoms with Gasteiger partial charge in [0.2, 0.25) is 5.91 Å². The maximum Gasteiger partial charge on any atom is 0.217 e. The molecule has 1 amide bonds. The van der Waals surface area contributed by atoms with Gasteiger partial charge in [-0.3, -0.25) is 4.79 Å². The maximum atomic E-state index is 11.6. The second-order valence-corrected chi connectivity index (χ2v) is 6.97. The molecule has 136 valence electrons. The van der Waals surface area contributed by atoms with E-state index in [-0.39, 0.29) is 11.9 Å². The third-order valence-electron chi connectivity index (χ3n) is 4.42. The van der Waals surface area contributed by atoms with Crippen LogP contribution in [0.25, 0.3) is 10.9 Å². The van der Waals surface area contributed by atoms with Gasteiger partial charge >= 0.3 is 0 Å². The minimum absolute atomic E-state index is 0.0372. The molecule has 1 heterocycles. The number of para-hydroxylation sites is 1. The molecule has 3 rings (SSSR count). The summed E-state index contributed by atoms with van der Waals surface area (Å²) in [5.74, 6) is -0.0372. The van der Waals surface area contributed by atoms with Gasteiger partial charge in [-0.1, -0.05) is 47.5 Å². The van der Waals surface area contributed by atoms with Crippen LogP contribution in [0.3, 0.4) is 0 Å². The van der Waals surface area contributed by atoms with Crippen LogP contribution in [0.2, 0.25) is 0 Å². The van der Waals surface area contributed by atoms with Crippen molar-refractivity contribution in [2.45, 2.75) is 39.8 Å². The Morgan fingerprint density at radius 1 is 1.15 bits per heavy atom. The van der Waals surface area contributed by atoms with Crippen molar-refractivity contribution in [1.82, 2.24) is 10.3 Å². The average Bonchev–Trinajstić information content (AvgIpc) is 2.96. The number of H-pyrrole nitrogens is 1. The normalized spacial score (nSPS) is 12.3. The Morgan fingerprint density at radius 2 is 1.88 bits per heavy atom. The Hall–Kier alpha value is -2.59. The number of ether oxygens (including phenoxy) is 1. The van der Waals surface area contributed by atoms with Gasteiger partial charge < -0.3 is 15.0 Å². The molecule has 0 saturated carbocycles. The summed E-state index contributed by atoms with van der Waals surface area (Å²) in [5, 5.41) is 4.21. The molecule has 26 heavy (non-hydrogen) atoms. The van der Waals surface area contributed by atoms with Gasteiger partial charge in [0.05, 0.1) is 19.3 Å². The van der Waals surface area contributed by atoms with E-state index in [2.05, 4.69) is 54.5 Å². The molecule has 0 spiro atoms. The van der Waals surface area contributed by atoms with Gasteiger partial charge in [-0.05, 0) is 37.5 Å². The zero-order valence-electron chi connectivity index (χ0n) is 15.6. The summed E-state index contributed by atoms with van der Waals surface area (Å²) in [5.41, 5.74) is 5.94. The number of aryl methyl sites for hydroxylation is 2. The molecule has 2 N–H and O–H groups in total. The number of amides is 1. The van der Waals surface area contributed by atoms with Gasteiger partial charge in [0.25, 0.3) is 0 Å². The number of rotatable bonds is 7. The highest BCUT2D eigenvalue weighted by atomic mass is 16.5. The van der Waals surface area contributed by atoms with Crippen LogP contribution in [0, 0.1) is 13.8 Å². The fourth-order valence-corrected chi connectivity index (χ4v) is 3.48. The third-order valence-corrected chi connectivity index (χ3v) is 4.42. The summed E-state index contributed by atoms with van der Waals surface area (Å²) in [6.07, 6.45) is 2.75. The number of hydrogen-bond donors (Lipinski definition) is 2. The number of aromatic amines is 1. The molecule has 0 unspecified atom stereocenters. The van der Waals surface area contributed by atoms with Gasteiger partial charge in [0, 0.05) is 24.0 Å². The van der Waals surface area contributed by atoms with E-state index in [0.29, 0.717) is 13.2 Å². The molecule has 2 aromatic carbocycles. The van der Waals surface area contributed by atoms with Gasteiger partial charge in [-0.25, -0.2) is 0 Å². The van der Waals surface area contributed by atoms with Crippen LogP contribution in [0.5, 0.6) is 0 Å². The molecule has 0 radical (unpaired) electrons. The second-order valence-electron chi connectivity index (χ2n) is 6.97. The number of aromatic nitrogens is 1. The van der Waals surface area contributed by atoms with Crippen molar-refractivity contribution in [3.63, 3.8) is 0 Å². The van der Waals surface area contributed by atoms with Crippen LogP contribution in [0.1, 0.15) is 29.2 Å². The van der Waals surface area contributed by atoms with Gasteiger partial charge in [-0.15, -0.1) is 0 Å². The first-order chi connectivity index (χ1) is 12.5. The number of hydrogen-bond acceptors (Lipinski definition) is 2. The summed E-state index contributed by atoms with van der Waals surface area (Å²) >= 11 is 0. The largest absolute Gasteiger partial charge is 0.375 e. The van der Waals surface area contributed by atoms with Crippen molar-refractivity contribution in [2.24, 2.45) is 0 Å². The van der Waals surface area contributed by atoms with Crippen molar-refractivity contribution in [3.8, 4) is 0 Å². The lowest BCUT2D eigenvalue weighted by molar-refractivity contribution is -0.120. The first kappa shape index (κ1) is 18.2. The van der Waals surface area contributed by atoms with Crippen LogP contribution in [0.15, 0.2) is 48.7 Å². The Kier molecular flexibility index (Phi) is 5.74. The Labute approximate surface area is 154 Å². The molecular weight excluding hydrogens is 324 g/mol. The molecule has 4 nitrogen and oxygen atoms in total. The van der Waals surface area contributed by atoms with Crippen molar-refractivity contribution < 1.29 is 9.53 Å². The van der Waals surface area contributed by atoms with E-state index in [1.165, 1.54) is 22.1 Å². The lowest BCUT2D eigenvalue weighted by Crippen LogP contribution is -2.38. The molecule has 0 fully saturated rings. The summed E-state index contributed by atoms with van der Waals surface area (Å²) < 4.78 is 5.93. The van der Waals surface area contributed by atoms with Crippen LogP contribution < -0.4 is 5.32 Å². The van der Waals surface area contributed by atoms with Crippen LogP contribution in [-0.2, 0) is 22.6 Å². The topological polar surface area (TPSA) is 54.1 Å². The van der Waals surface area contributed by atoms with E-state index in [4.69, 9.17) is 4.74 Å². The fourth-order valence-electron chi connectivity index (χ4n) is 3.48. The standard InChI is InChI=1S/C22H26N2O2/c1-15-8-16(2)10-18(9-15)13-26-14-20(24-17(3)25)11-19-12-23-22-7-5-4-6-21(19)22/h4-10,12,20,23H,11,13-14H2,1-3H3,(H,24,25)/t20-/m0/s1. The number of carbonyl (C=O) groups excluding carboxylic acids is 1. The predicted octanol–water partition coefficient (Wildman–Crippen LogP) is 4.05. The first-order valence-corrected chi connectivity index (χ1v) is 8.98. The fraction of sp³-hybridized carbons (Fsp3) is 0.318. The smallest absolute Gasteiger partial charge is 0.217 e. The molecule has 1 aromatic heterocycles. The van der Waals surface area contributed by atoms with Crippen LogP contribution in [0.4, 0.5) is 0 Å². The Bertz CT molecular complexity index is 878. The van der Waals surface area contributed by atoms with Gasteiger partial charge in [-0.2, -0.15) is 0 Å². The summed E-state index contributed by atoms with van der Waals surface area (Å²) in [6, 6.07) is 14.6. The quantitative estimate of drug-likeness (QED) is 0.675. The number of benzene rings is 2. The number of fused-ring (bicyclic) bond motifs is 1. The zero-order chi connectivity index (χ0) is 18.5. The molecule has 0 saturated heterocycles. The molecular formula is C22H26N2O2. The minimum Gasteiger partial charge on any atom is -0.375 e. The maximum absolute atomic E-state index is 11.6. The van der Waals surface area contributed by atoms with Crippen molar-refractivity contribution in [1.29, 1.82) is 0 Å². The second kappa shape index (κ2) is 8.19. The zero-order valence-corrected chi connectivity index (χ0v) is 15.6. The highest BCUT2D eigenvalue weighted by molar-refractivity contribution is 5.83. The van der Waals surface area contributed by atoms with E-state index in [1.807, 2.05) is 18.3 Å². The first-order valence-electron chi connectivity index (χ1n) is 8.98. The molecule has 0 aliphatic carbocycles. The van der Waals surface area contributed by atoms with E-state index in [0.717, 1.165) is 17.5 Å². The van der Waals surface area contributed by atoms with E-state index in [1.54, 1.807) is 6.92 Å². The SMILES string of the molecule is CC(=O)N[C@H](COCc1cc(C)cc(C)c1)Cc1c[nH]c2ccccc12. The monoisotopic (exact) mass is 350 g/mol. The average molecular weight is 350 g/mol. The number of carbonyl (C=O) groups is 1. The molecule has 4 heteroatoms. The summed E-state index contributed by atoms with van der Waals surface area (Å²) in [6.45, 7) is 6.76. The number of nitrogens with one attached hydrogen (secondary N) is 2. The lowest BCUT2D eigenvalue weighted by Gasteiger charge is -2.18. The Balaban J connectivity index is 1.65. The molecule has 0 bridgehead atoms. The summed E-state index contributed by atoms with van der Waals surface area (Å²) in [4.78, 5) is 14.9. The Morgan fingerprint density at radius 3 is 2.62 bits per heavy atom. The summed E-state index contributed by atoms with van der Waals surface area (Å²) in [7, 11) is 0. The van der Waals surface area contributed by atoms with Crippen LogP contribution >= 0.6 is 0 Å². The third kappa shape index (κ3) is 4.73. The molecule has 0 aliphatic heterocycles. The molecule has 3 aromatic rings. The van der Waals surface area contributed by atoms with Gasteiger partial charge in [0.1, 0.15) is 0 Å². The highest BCUT2D eigenvalue weighted by Crippen LogP contribution is 2.19. The van der Waals surface area contributed by atoms with E-state index < -0.39 is 0 Å². The molecule has 0 aliphatic rings. The van der Waals surface area contributed by atoms with E-state index >= 15 is 0 Å². The highest BCUT2D eigenvalue weighted by Gasteiger charge is 2.14. The van der Waals surface area contributed by atoms with Gasteiger partial charge in [0.15, 0.2) is 0 Å².